The molecule has 0 aromatic rings. The summed E-state index contributed by atoms with van der Waals surface area (Å²) < 4.78 is 30.9. The van der Waals surface area contributed by atoms with Crippen molar-refractivity contribution in [3.63, 3.8) is 0 Å². The molecular formula is C14H24O8Si. The average Bonchev–Trinajstić information content (AvgIpc) is 2.52. The normalized spacial score (nSPS) is 11.0. The van der Waals surface area contributed by atoms with Crippen LogP contribution in [-0.2, 0) is 36.8 Å². The molecule has 0 aromatic heterocycles. The van der Waals surface area contributed by atoms with Gasteiger partial charge in [-0.1, -0.05) is 13.2 Å². The quantitative estimate of drug-likeness (QED) is 0.223. The second kappa shape index (κ2) is 11.1. The van der Waals surface area contributed by atoms with Crippen molar-refractivity contribution in [1.82, 2.24) is 0 Å². The van der Waals surface area contributed by atoms with Gasteiger partial charge in [0.1, 0.15) is 13.2 Å². The minimum absolute atomic E-state index is 0.00116. The first kappa shape index (κ1) is 21.5. The summed E-state index contributed by atoms with van der Waals surface area (Å²) in [6.45, 7) is 10.1. The van der Waals surface area contributed by atoms with Gasteiger partial charge >= 0.3 is 21.0 Å². The molecule has 0 spiro atoms. The molecule has 0 saturated heterocycles. The Kier molecular flexibility index (Phi) is 10.3. The highest BCUT2D eigenvalue weighted by molar-refractivity contribution is 6.53. The second-order valence-electron chi connectivity index (χ2n) is 4.44. The topological polar surface area (TPSA) is 89.5 Å². The maximum atomic E-state index is 11.2. The predicted molar refractivity (Wildman–Crippen MR) is 83.2 cm³/mol. The molecule has 132 valence electrons. The van der Waals surface area contributed by atoms with E-state index in [1.807, 2.05) is 0 Å². The smallest absolute Gasteiger partial charge is 0.460 e. The zero-order valence-electron chi connectivity index (χ0n) is 14.0. The fraction of sp³-hybridized carbons (Fsp3) is 0.571. The first-order valence-corrected chi connectivity index (χ1v) is 8.44. The van der Waals surface area contributed by atoms with Gasteiger partial charge in [-0.2, -0.15) is 0 Å². The molecule has 0 atom stereocenters. The molecule has 0 amide bonds. The Hall–Kier alpha value is -1.52. The minimum Gasteiger partial charge on any atom is -0.460 e. The minimum atomic E-state index is -3.37. The van der Waals surface area contributed by atoms with Gasteiger partial charge < -0.3 is 27.2 Å². The van der Waals surface area contributed by atoms with Crippen LogP contribution < -0.4 is 0 Å². The van der Waals surface area contributed by atoms with Crippen LogP contribution in [0.25, 0.3) is 0 Å². The summed E-state index contributed by atoms with van der Waals surface area (Å²) in [6.07, 6.45) is 0. The molecule has 0 aromatic carbocycles. The molecule has 23 heavy (non-hydrogen) atoms. The van der Waals surface area contributed by atoms with E-state index in [1.165, 1.54) is 14.2 Å². The van der Waals surface area contributed by atoms with Gasteiger partial charge in [-0.05, 0) is 13.8 Å². The molecule has 0 fully saturated rings. The van der Waals surface area contributed by atoms with Crippen molar-refractivity contribution in [2.75, 3.05) is 40.6 Å². The van der Waals surface area contributed by atoms with Crippen LogP contribution in [0, 0.1) is 0 Å². The molecule has 0 bridgehead atoms. The Morgan fingerprint density at radius 2 is 1.13 bits per heavy atom. The first-order valence-electron chi connectivity index (χ1n) is 6.81. The van der Waals surface area contributed by atoms with Crippen molar-refractivity contribution in [3.8, 4) is 0 Å². The van der Waals surface area contributed by atoms with Crippen molar-refractivity contribution in [2.24, 2.45) is 0 Å². The van der Waals surface area contributed by atoms with Gasteiger partial charge in [0.15, 0.2) is 0 Å². The Bertz CT molecular complexity index is 394. The van der Waals surface area contributed by atoms with Crippen LogP contribution in [0.4, 0.5) is 0 Å². The number of hydrogen-bond donors (Lipinski definition) is 0. The lowest BCUT2D eigenvalue weighted by Crippen LogP contribution is -2.48. The molecule has 0 aliphatic heterocycles. The van der Waals surface area contributed by atoms with Crippen molar-refractivity contribution in [3.05, 3.63) is 24.3 Å². The fourth-order valence-electron chi connectivity index (χ4n) is 1.21. The van der Waals surface area contributed by atoms with Crippen LogP contribution in [0.1, 0.15) is 13.8 Å². The maximum Gasteiger partial charge on any atom is 0.679 e. The highest BCUT2D eigenvalue weighted by atomic mass is 28.4. The van der Waals surface area contributed by atoms with E-state index in [2.05, 4.69) is 13.2 Å². The lowest BCUT2D eigenvalue weighted by atomic mass is 10.4. The van der Waals surface area contributed by atoms with Crippen LogP contribution in [0.15, 0.2) is 24.3 Å². The Morgan fingerprint density at radius 3 is 1.39 bits per heavy atom. The number of rotatable bonds is 12. The fourth-order valence-corrected chi connectivity index (χ4v) is 2.60. The Balaban J connectivity index is 4.19. The molecule has 9 heteroatoms. The van der Waals surface area contributed by atoms with Gasteiger partial charge in [-0.15, -0.1) is 0 Å². The molecule has 8 nitrogen and oxygen atoms in total. The molecule has 0 rings (SSSR count). The predicted octanol–water partition coefficient (Wildman–Crippen LogP) is 0.987. The summed E-state index contributed by atoms with van der Waals surface area (Å²) in [7, 11) is -0.628. The van der Waals surface area contributed by atoms with Gasteiger partial charge in [0.05, 0.1) is 13.2 Å². The lowest BCUT2D eigenvalue weighted by Gasteiger charge is -2.24. The molecule has 0 radical (unpaired) electrons. The largest absolute Gasteiger partial charge is 0.679 e. The monoisotopic (exact) mass is 348 g/mol. The summed E-state index contributed by atoms with van der Waals surface area (Å²) in [5.74, 6) is -1.02. The van der Waals surface area contributed by atoms with E-state index in [9.17, 15) is 9.59 Å². The Labute approximate surface area is 137 Å². The highest BCUT2D eigenvalue weighted by Gasteiger charge is 2.43. The summed E-state index contributed by atoms with van der Waals surface area (Å²) >= 11 is 0. The van der Waals surface area contributed by atoms with E-state index >= 15 is 0 Å². The molecule has 0 unspecified atom stereocenters. The third kappa shape index (κ3) is 8.62. The SMILES string of the molecule is C=C(C)C(=O)OCCO[Si](OC)(OC)OCCOC(=O)C(=C)C. The highest BCUT2D eigenvalue weighted by Crippen LogP contribution is 2.09. The molecule has 0 aliphatic rings. The summed E-state index contributed by atoms with van der Waals surface area (Å²) in [6, 6.07) is 0. The molecular weight excluding hydrogens is 324 g/mol. The maximum absolute atomic E-state index is 11.2. The number of ether oxygens (including phenoxy) is 2. The van der Waals surface area contributed by atoms with E-state index in [0.717, 1.165) is 0 Å². The average molecular weight is 348 g/mol. The van der Waals surface area contributed by atoms with E-state index in [4.69, 9.17) is 27.2 Å². The van der Waals surface area contributed by atoms with Crippen LogP contribution >= 0.6 is 0 Å². The van der Waals surface area contributed by atoms with Gasteiger partial charge in [-0.25, -0.2) is 9.59 Å². The van der Waals surface area contributed by atoms with E-state index in [-0.39, 0.29) is 26.4 Å². The van der Waals surface area contributed by atoms with Gasteiger partial charge in [0.2, 0.25) is 0 Å². The second-order valence-corrected chi connectivity index (χ2v) is 6.83. The van der Waals surface area contributed by atoms with Gasteiger partial charge in [0, 0.05) is 25.4 Å². The number of hydrogen-bond acceptors (Lipinski definition) is 8. The number of carbonyl (C=O) groups is 2. The van der Waals surface area contributed by atoms with E-state index in [0.29, 0.717) is 11.1 Å². The van der Waals surface area contributed by atoms with Crippen LogP contribution in [0.2, 0.25) is 0 Å². The first-order chi connectivity index (χ1) is 10.8. The van der Waals surface area contributed by atoms with Gasteiger partial charge in [0.25, 0.3) is 0 Å². The lowest BCUT2D eigenvalue weighted by molar-refractivity contribution is -0.141. The zero-order chi connectivity index (χ0) is 17.9. The number of esters is 2. The number of carbonyl (C=O) groups excluding carboxylic acids is 2. The zero-order valence-corrected chi connectivity index (χ0v) is 15.0. The van der Waals surface area contributed by atoms with E-state index < -0.39 is 21.0 Å². The van der Waals surface area contributed by atoms with Crippen LogP contribution in [0.5, 0.6) is 0 Å². The summed E-state index contributed by atoms with van der Waals surface area (Å²) in [4.78, 5) is 22.4. The molecule has 0 aliphatic carbocycles. The van der Waals surface area contributed by atoms with Crippen molar-refractivity contribution < 1.29 is 36.8 Å². The van der Waals surface area contributed by atoms with Crippen molar-refractivity contribution in [1.29, 1.82) is 0 Å². The molecule has 0 N–H and O–H groups in total. The molecule has 0 saturated carbocycles. The van der Waals surface area contributed by atoms with Crippen LogP contribution in [-0.4, -0.2) is 61.6 Å². The van der Waals surface area contributed by atoms with Gasteiger partial charge in [-0.3, -0.25) is 0 Å². The Morgan fingerprint density at radius 1 is 0.783 bits per heavy atom. The summed E-state index contributed by atoms with van der Waals surface area (Å²) in [5.41, 5.74) is 0.588. The third-order valence-electron chi connectivity index (χ3n) is 2.39. The van der Waals surface area contributed by atoms with E-state index in [1.54, 1.807) is 13.8 Å². The summed E-state index contributed by atoms with van der Waals surface area (Å²) in [5, 5.41) is 0. The van der Waals surface area contributed by atoms with Crippen LogP contribution in [0.3, 0.4) is 0 Å². The molecule has 0 heterocycles. The third-order valence-corrected chi connectivity index (χ3v) is 4.50. The standard InChI is InChI=1S/C14H24O8Si/c1-11(2)13(15)19-7-9-21-23(17-5,18-6)22-10-8-20-14(16)12(3)4/h1,3,7-10H2,2,4-6H3. The van der Waals surface area contributed by atoms with Crippen molar-refractivity contribution in [2.45, 2.75) is 13.8 Å². The van der Waals surface area contributed by atoms with Crippen molar-refractivity contribution >= 4 is 21.0 Å².